The van der Waals surface area contributed by atoms with Crippen LogP contribution in [0.3, 0.4) is 0 Å². The summed E-state index contributed by atoms with van der Waals surface area (Å²) in [5, 5.41) is 6.20. The van der Waals surface area contributed by atoms with Gasteiger partial charge in [0.15, 0.2) is 0 Å². The van der Waals surface area contributed by atoms with Crippen LogP contribution in [0.1, 0.15) is 26.2 Å². The molecule has 0 bridgehead atoms. The lowest BCUT2D eigenvalue weighted by Crippen LogP contribution is -2.56. The summed E-state index contributed by atoms with van der Waals surface area (Å²) in [6.07, 6.45) is 3.26. The molecule has 2 amide bonds. The Morgan fingerprint density at radius 1 is 1.15 bits per heavy atom. The van der Waals surface area contributed by atoms with Gasteiger partial charge in [-0.3, -0.25) is 14.5 Å². The van der Waals surface area contributed by atoms with Gasteiger partial charge in [-0.1, -0.05) is 6.42 Å². The molecule has 0 spiro atoms. The zero-order valence-electron chi connectivity index (χ0n) is 15.4. The molecule has 26 heavy (non-hydrogen) atoms. The van der Waals surface area contributed by atoms with Crippen molar-refractivity contribution >= 4 is 36.6 Å². The number of halogens is 2. The van der Waals surface area contributed by atoms with Gasteiger partial charge in [-0.15, -0.1) is 24.8 Å². The maximum atomic E-state index is 12.2. The van der Waals surface area contributed by atoms with Gasteiger partial charge in [0.25, 0.3) is 0 Å². The van der Waals surface area contributed by atoms with Crippen LogP contribution in [0.5, 0.6) is 0 Å². The van der Waals surface area contributed by atoms with Crippen molar-refractivity contribution in [1.29, 1.82) is 0 Å². The van der Waals surface area contributed by atoms with Crippen LogP contribution in [-0.4, -0.2) is 86.2 Å². The Labute approximate surface area is 168 Å². The van der Waals surface area contributed by atoms with Gasteiger partial charge in [0.05, 0.1) is 12.7 Å². The second-order valence-electron chi connectivity index (χ2n) is 7.09. The van der Waals surface area contributed by atoms with Crippen LogP contribution >= 0.6 is 24.8 Å². The molecule has 2 N–H and O–H groups in total. The van der Waals surface area contributed by atoms with Crippen LogP contribution in [0.25, 0.3) is 0 Å². The molecule has 3 aliphatic rings. The molecule has 1 aliphatic carbocycles. The maximum absolute atomic E-state index is 12.2. The molecule has 2 atom stereocenters. The Bertz CT molecular complexity index is 457. The van der Waals surface area contributed by atoms with Crippen LogP contribution < -0.4 is 10.6 Å². The van der Waals surface area contributed by atoms with Crippen molar-refractivity contribution in [1.82, 2.24) is 20.4 Å². The lowest BCUT2D eigenvalue weighted by atomic mass is 9.84. The highest BCUT2D eigenvalue weighted by Gasteiger charge is 2.31. The number of piperazine rings is 1. The van der Waals surface area contributed by atoms with E-state index >= 15 is 0 Å². The number of morpholine rings is 1. The Balaban J connectivity index is 0.00000169. The summed E-state index contributed by atoms with van der Waals surface area (Å²) in [6, 6.07) is -0.254. The third-order valence-electron chi connectivity index (χ3n) is 5.46. The highest BCUT2D eigenvalue weighted by atomic mass is 35.5. The number of hydrogen-bond donors (Lipinski definition) is 2. The van der Waals surface area contributed by atoms with E-state index < -0.39 is 0 Å². The summed E-state index contributed by atoms with van der Waals surface area (Å²) < 4.78 is 5.50. The van der Waals surface area contributed by atoms with E-state index in [0.717, 1.165) is 52.1 Å². The molecule has 1 saturated carbocycles. The molecular weight excluding hydrogens is 379 g/mol. The Morgan fingerprint density at radius 2 is 1.85 bits per heavy atom. The lowest BCUT2D eigenvalue weighted by Gasteiger charge is -2.38. The van der Waals surface area contributed by atoms with Gasteiger partial charge < -0.3 is 20.3 Å². The first-order valence-corrected chi connectivity index (χ1v) is 9.29. The molecule has 2 saturated heterocycles. The van der Waals surface area contributed by atoms with Crippen molar-refractivity contribution in [3.05, 3.63) is 0 Å². The second-order valence-corrected chi connectivity index (χ2v) is 7.09. The minimum Gasteiger partial charge on any atom is -0.375 e. The third-order valence-corrected chi connectivity index (χ3v) is 5.46. The summed E-state index contributed by atoms with van der Waals surface area (Å²) in [5.41, 5.74) is 0. The van der Waals surface area contributed by atoms with Crippen molar-refractivity contribution in [2.75, 3.05) is 52.4 Å². The highest BCUT2D eigenvalue weighted by molar-refractivity contribution is 5.85. The fraction of sp³-hybridized carbons (Fsp3) is 0.882. The maximum Gasteiger partial charge on any atom is 0.239 e. The van der Waals surface area contributed by atoms with Crippen LogP contribution in [-0.2, 0) is 14.3 Å². The third kappa shape index (κ3) is 5.96. The summed E-state index contributed by atoms with van der Waals surface area (Å²) in [5.74, 6) is 0.663. The van der Waals surface area contributed by atoms with Gasteiger partial charge in [0.1, 0.15) is 6.04 Å². The van der Waals surface area contributed by atoms with Gasteiger partial charge in [0, 0.05) is 51.7 Å². The van der Waals surface area contributed by atoms with Gasteiger partial charge >= 0.3 is 0 Å². The fourth-order valence-corrected chi connectivity index (χ4v) is 3.58. The quantitative estimate of drug-likeness (QED) is 0.680. The van der Waals surface area contributed by atoms with Crippen molar-refractivity contribution in [3.63, 3.8) is 0 Å². The predicted molar refractivity (Wildman–Crippen MR) is 105 cm³/mol. The van der Waals surface area contributed by atoms with E-state index in [-0.39, 0.29) is 42.9 Å². The number of carbonyl (C=O) groups is 2. The molecule has 2 aliphatic heterocycles. The summed E-state index contributed by atoms with van der Waals surface area (Å²) >= 11 is 0. The standard InChI is InChI=1S/C17H30N4O3.2ClH/c1-13-15(18-6-12-24-13)16(22)19-5-7-20-8-10-21(11-9-20)17(23)14-3-2-4-14;;/h13-15,18H,2-12H2,1H3,(H,19,22);2*1H/t13-,15+;;/m1../s1. The van der Waals surface area contributed by atoms with E-state index in [1.807, 2.05) is 11.8 Å². The number of hydrogen-bond acceptors (Lipinski definition) is 5. The van der Waals surface area contributed by atoms with E-state index in [4.69, 9.17) is 4.74 Å². The monoisotopic (exact) mass is 410 g/mol. The molecule has 3 rings (SSSR count). The molecule has 152 valence electrons. The number of carbonyl (C=O) groups excluding carboxylic acids is 2. The number of nitrogens with one attached hydrogen (secondary N) is 2. The van der Waals surface area contributed by atoms with Gasteiger partial charge in [0.2, 0.25) is 11.8 Å². The van der Waals surface area contributed by atoms with Crippen molar-refractivity contribution < 1.29 is 14.3 Å². The molecular formula is C17H32Cl2N4O3. The predicted octanol–water partition coefficient (Wildman–Crippen LogP) is 0.267. The molecule has 0 aromatic heterocycles. The summed E-state index contributed by atoms with van der Waals surface area (Å²) in [4.78, 5) is 28.7. The SMILES string of the molecule is C[C@H]1OCCN[C@@H]1C(=O)NCCN1CCN(C(=O)C2CCC2)CC1.Cl.Cl. The van der Waals surface area contributed by atoms with Crippen LogP contribution in [0, 0.1) is 5.92 Å². The smallest absolute Gasteiger partial charge is 0.239 e. The van der Waals surface area contributed by atoms with Crippen molar-refractivity contribution in [2.24, 2.45) is 5.92 Å². The second kappa shape index (κ2) is 11.3. The summed E-state index contributed by atoms with van der Waals surface area (Å²) in [7, 11) is 0. The number of amides is 2. The molecule has 0 aromatic rings. The van der Waals surface area contributed by atoms with Crippen molar-refractivity contribution in [3.8, 4) is 0 Å². The van der Waals surface area contributed by atoms with E-state index in [1.54, 1.807) is 0 Å². The molecule has 3 fully saturated rings. The largest absolute Gasteiger partial charge is 0.375 e. The van der Waals surface area contributed by atoms with E-state index in [0.29, 0.717) is 25.0 Å². The van der Waals surface area contributed by atoms with Gasteiger partial charge in [-0.2, -0.15) is 0 Å². The van der Waals surface area contributed by atoms with E-state index in [1.165, 1.54) is 6.42 Å². The topological polar surface area (TPSA) is 73.9 Å². The highest BCUT2D eigenvalue weighted by Crippen LogP contribution is 2.28. The van der Waals surface area contributed by atoms with Crippen molar-refractivity contribution in [2.45, 2.75) is 38.3 Å². The molecule has 7 nitrogen and oxygen atoms in total. The average molecular weight is 411 g/mol. The fourth-order valence-electron chi connectivity index (χ4n) is 3.58. The first kappa shape index (κ1) is 23.4. The first-order valence-electron chi connectivity index (χ1n) is 9.29. The Morgan fingerprint density at radius 3 is 2.42 bits per heavy atom. The number of rotatable bonds is 5. The van der Waals surface area contributed by atoms with Gasteiger partial charge in [-0.05, 0) is 19.8 Å². The number of ether oxygens (including phenoxy) is 1. The molecule has 0 radical (unpaired) electrons. The van der Waals surface area contributed by atoms with Crippen LogP contribution in [0.15, 0.2) is 0 Å². The molecule has 2 heterocycles. The molecule has 0 unspecified atom stereocenters. The Hall–Kier alpha value is -0.600. The van der Waals surface area contributed by atoms with Gasteiger partial charge in [-0.25, -0.2) is 0 Å². The average Bonchev–Trinajstić information content (AvgIpc) is 2.54. The Kier molecular flexibility index (Phi) is 10.2. The minimum atomic E-state index is -0.254. The first-order chi connectivity index (χ1) is 11.6. The van der Waals surface area contributed by atoms with E-state index in [9.17, 15) is 9.59 Å². The zero-order valence-corrected chi connectivity index (χ0v) is 17.1. The molecule has 9 heteroatoms. The normalized spacial score (nSPS) is 26.9. The molecule has 0 aromatic carbocycles. The van der Waals surface area contributed by atoms with E-state index in [2.05, 4.69) is 15.5 Å². The summed E-state index contributed by atoms with van der Waals surface area (Å²) in [6.45, 7) is 8.21. The number of nitrogens with zero attached hydrogens (tertiary/aromatic N) is 2. The minimum absolute atomic E-state index is 0. The zero-order chi connectivity index (χ0) is 16.9. The lowest BCUT2D eigenvalue weighted by molar-refractivity contribution is -0.139. The van der Waals surface area contributed by atoms with Crippen LogP contribution in [0.2, 0.25) is 0 Å². The van der Waals surface area contributed by atoms with Crippen LogP contribution in [0.4, 0.5) is 0 Å².